The molecule has 0 radical (unpaired) electrons. The average molecular weight is 338 g/mol. The molecule has 0 heterocycles. The van der Waals surface area contributed by atoms with Gasteiger partial charge in [0.25, 0.3) is 5.91 Å². The Bertz CT molecular complexity index is 662. The molecule has 1 aromatic carbocycles. The summed E-state index contributed by atoms with van der Waals surface area (Å²) in [6.45, 7) is 0. The summed E-state index contributed by atoms with van der Waals surface area (Å²) in [5, 5.41) is 0. The average Bonchev–Trinajstić information content (AvgIpc) is 2.52. The van der Waals surface area contributed by atoms with Gasteiger partial charge in [0.1, 0.15) is 0 Å². The van der Waals surface area contributed by atoms with Crippen LogP contribution in [0.15, 0.2) is 24.3 Å². The number of benzene rings is 1. The lowest BCUT2D eigenvalue weighted by Crippen LogP contribution is -2.44. The van der Waals surface area contributed by atoms with Crippen molar-refractivity contribution in [3.63, 3.8) is 0 Å². The maximum absolute atomic E-state index is 12.0. The third kappa shape index (κ3) is 5.67. The monoisotopic (exact) mass is 338 g/mol. The second kappa shape index (κ2) is 7.59. The van der Waals surface area contributed by atoms with Crippen LogP contribution in [0.5, 0.6) is 0 Å². The molecule has 2 N–H and O–H groups in total. The highest BCUT2D eigenvalue weighted by molar-refractivity contribution is 7.89. The smallest absolute Gasteiger partial charge is 0.269 e. The fourth-order valence-corrected chi connectivity index (χ4v) is 3.51. The van der Waals surface area contributed by atoms with Gasteiger partial charge in [-0.05, 0) is 30.5 Å². The highest BCUT2D eigenvalue weighted by Crippen LogP contribution is 2.23. The van der Waals surface area contributed by atoms with E-state index in [1.165, 1.54) is 0 Å². The maximum atomic E-state index is 12.0. The first-order valence-electron chi connectivity index (χ1n) is 7.72. The topological polar surface area (TPSA) is 92.3 Å². The van der Waals surface area contributed by atoms with Crippen molar-refractivity contribution in [3.05, 3.63) is 35.4 Å². The van der Waals surface area contributed by atoms with Crippen LogP contribution >= 0.6 is 0 Å². The highest BCUT2D eigenvalue weighted by atomic mass is 32.2. The van der Waals surface area contributed by atoms with Crippen LogP contribution in [0.3, 0.4) is 0 Å². The lowest BCUT2D eigenvalue weighted by atomic mass is 9.89. The molecule has 126 valence electrons. The molecule has 1 fully saturated rings. The minimum atomic E-state index is -3.10. The molecule has 0 atom stereocenters. The zero-order valence-electron chi connectivity index (χ0n) is 13.2. The third-order valence-electron chi connectivity index (χ3n) is 3.92. The third-order valence-corrected chi connectivity index (χ3v) is 4.78. The van der Waals surface area contributed by atoms with E-state index >= 15 is 0 Å². The summed E-state index contributed by atoms with van der Waals surface area (Å²) in [4.78, 5) is 23.9. The largest absolute Gasteiger partial charge is 0.273 e. The van der Waals surface area contributed by atoms with E-state index in [1.54, 1.807) is 24.3 Å². The maximum Gasteiger partial charge on any atom is 0.269 e. The van der Waals surface area contributed by atoms with E-state index in [9.17, 15) is 18.0 Å². The number of nitrogens with one attached hydrogen (secondary N) is 2. The summed E-state index contributed by atoms with van der Waals surface area (Å²) in [5.41, 5.74) is 5.86. The van der Waals surface area contributed by atoms with Gasteiger partial charge in [-0.3, -0.25) is 20.4 Å². The summed E-state index contributed by atoms with van der Waals surface area (Å²) >= 11 is 0. The van der Waals surface area contributed by atoms with E-state index in [-0.39, 0.29) is 17.6 Å². The van der Waals surface area contributed by atoms with Crippen molar-refractivity contribution in [2.24, 2.45) is 5.92 Å². The molecule has 0 unspecified atom stereocenters. The number of carbonyl (C=O) groups excluding carboxylic acids is 2. The summed E-state index contributed by atoms with van der Waals surface area (Å²) in [6, 6.07) is 6.28. The van der Waals surface area contributed by atoms with Gasteiger partial charge in [0.15, 0.2) is 9.84 Å². The Morgan fingerprint density at radius 2 is 1.65 bits per heavy atom. The molecule has 7 heteroatoms. The Hall–Kier alpha value is -1.89. The Balaban J connectivity index is 1.86. The van der Waals surface area contributed by atoms with Crippen LogP contribution in [0.25, 0.3) is 0 Å². The summed E-state index contributed by atoms with van der Waals surface area (Å²) < 4.78 is 22.4. The zero-order chi connectivity index (χ0) is 16.9. The highest BCUT2D eigenvalue weighted by Gasteiger charge is 2.21. The molecule has 6 nitrogen and oxygen atoms in total. The first-order valence-corrected chi connectivity index (χ1v) is 9.78. The molecular formula is C16H22N2O4S. The van der Waals surface area contributed by atoms with Gasteiger partial charge in [-0.1, -0.05) is 31.4 Å². The van der Waals surface area contributed by atoms with Gasteiger partial charge >= 0.3 is 0 Å². The lowest BCUT2D eigenvalue weighted by Gasteiger charge is -2.20. The standard InChI is InChI=1S/C16H22N2O4S/c1-23(21,22)11-12-7-9-14(10-8-12)16(20)18-17-15(19)13-5-3-2-4-6-13/h7-10,13H,2-6,11H2,1H3,(H,17,19)(H,18,20). The number of hydrogen-bond donors (Lipinski definition) is 2. The Kier molecular flexibility index (Phi) is 5.76. The minimum absolute atomic E-state index is 0.0267. The van der Waals surface area contributed by atoms with E-state index in [0.29, 0.717) is 11.1 Å². The van der Waals surface area contributed by atoms with Crippen molar-refractivity contribution >= 4 is 21.7 Å². The van der Waals surface area contributed by atoms with Crippen molar-refractivity contribution in [1.29, 1.82) is 0 Å². The molecule has 0 aliphatic heterocycles. The molecule has 0 aromatic heterocycles. The van der Waals surface area contributed by atoms with Gasteiger partial charge in [-0.25, -0.2) is 8.42 Å². The van der Waals surface area contributed by atoms with Crippen LogP contribution in [0.2, 0.25) is 0 Å². The number of hydrogen-bond acceptors (Lipinski definition) is 4. The number of sulfone groups is 1. The normalized spacial score (nSPS) is 15.9. The number of amides is 2. The van der Waals surface area contributed by atoms with Crippen LogP contribution in [0, 0.1) is 5.92 Å². The summed E-state index contributed by atoms with van der Waals surface area (Å²) in [7, 11) is -3.10. The summed E-state index contributed by atoms with van der Waals surface area (Å²) in [6.07, 6.45) is 6.15. The van der Waals surface area contributed by atoms with Crippen LogP contribution in [0.4, 0.5) is 0 Å². The SMILES string of the molecule is CS(=O)(=O)Cc1ccc(C(=O)NNC(=O)C2CCCCC2)cc1. The van der Waals surface area contributed by atoms with E-state index in [0.717, 1.165) is 38.4 Å². The molecule has 2 rings (SSSR count). The van der Waals surface area contributed by atoms with Gasteiger partial charge < -0.3 is 0 Å². The predicted octanol–water partition coefficient (Wildman–Crippen LogP) is 1.57. The number of rotatable bonds is 4. The first-order chi connectivity index (χ1) is 10.8. The summed E-state index contributed by atoms with van der Waals surface area (Å²) in [5.74, 6) is -0.652. The second-order valence-corrected chi connectivity index (χ2v) is 8.19. The molecule has 0 bridgehead atoms. The van der Waals surface area contributed by atoms with Crippen LogP contribution in [0.1, 0.15) is 48.0 Å². The van der Waals surface area contributed by atoms with E-state index in [4.69, 9.17) is 0 Å². The second-order valence-electron chi connectivity index (χ2n) is 6.05. The molecule has 0 spiro atoms. The van der Waals surface area contributed by atoms with E-state index in [1.807, 2.05) is 0 Å². The quantitative estimate of drug-likeness (QED) is 0.815. The minimum Gasteiger partial charge on any atom is -0.273 e. The number of carbonyl (C=O) groups is 2. The molecular weight excluding hydrogens is 316 g/mol. The van der Waals surface area contributed by atoms with Crippen molar-refractivity contribution < 1.29 is 18.0 Å². The van der Waals surface area contributed by atoms with Crippen LogP contribution < -0.4 is 10.9 Å². The molecule has 23 heavy (non-hydrogen) atoms. The van der Waals surface area contributed by atoms with Crippen LogP contribution in [-0.2, 0) is 20.4 Å². The van der Waals surface area contributed by atoms with Gasteiger partial charge in [0.2, 0.25) is 5.91 Å². The van der Waals surface area contributed by atoms with Gasteiger partial charge in [-0.15, -0.1) is 0 Å². The zero-order valence-corrected chi connectivity index (χ0v) is 14.0. The molecule has 2 amide bonds. The molecule has 0 saturated heterocycles. The molecule has 1 aliphatic carbocycles. The fourth-order valence-electron chi connectivity index (χ4n) is 2.71. The molecule has 1 aromatic rings. The van der Waals surface area contributed by atoms with Crippen LogP contribution in [-0.4, -0.2) is 26.5 Å². The molecule has 1 aliphatic rings. The Morgan fingerprint density at radius 3 is 2.22 bits per heavy atom. The fraction of sp³-hybridized carbons (Fsp3) is 0.500. The van der Waals surface area contributed by atoms with Gasteiger partial charge in [-0.2, -0.15) is 0 Å². The van der Waals surface area contributed by atoms with Crippen molar-refractivity contribution in [3.8, 4) is 0 Å². The van der Waals surface area contributed by atoms with E-state index < -0.39 is 15.7 Å². The Labute approximate surface area is 136 Å². The van der Waals surface area contributed by atoms with Gasteiger partial charge in [0.05, 0.1) is 5.75 Å². The predicted molar refractivity (Wildman–Crippen MR) is 87.2 cm³/mol. The van der Waals surface area contributed by atoms with E-state index in [2.05, 4.69) is 10.9 Å². The van der Waals surface area contributed by atoms with Crippen molar-refractivity contribution in [1.82, 2.24) is 10.9 Å². The van der Waals surface area contributed by atoms with Crippen molar-refractivity contribution in [2.45, 2.75) is 37.9 Å². The first kappa shape index (κ1) is 17.5. The van der Waals surface area contributed by atoms with Gasteiger partial charge in [0, 0.05) is 17.7 Å². The number of hydrazine groups is 1. The lowest BCUT2D eigenvalue weighted by molar-refractivity contribution is -0.126. The van der Waals surface area contributed by atoms with Crippen molar-refractivity contribution in [2.75, 3.05) is 6.26 Å². The Morgan fingerprint density at radius 1 is 1.04 bits per heavy atom. The molecule has 1 saturated carbocycles.